The van der Waals surface area contributed by atoms with Crippen molar-refractivity contribution < 1.29 is 0 Å². The molecule has 0 aromatic heterocycles. The maximum atomic E-state index is 6.21. The van der Waals surface area contributed by atoms with Gasteiger partial charge in [-0.25, -0.2) is 0 Å². The number of para-hydroxylation sites is 1. The summed E-state index contributed by atoms with van der Waals surface area (Å²) in [6.45, 7) is 3.46. The highest BCUT2D eigenvalue weighted by Crippen LogP contribution is 2.46. The highest BCUT2D eigenvalue weighted by Gasteiger charge is 2.34. The van der Waals surface area contributed by atoms with E-state index in [9.17, 15) is 0 Å². The molecule has 1 saturated carbocycles. The summed E-state index contributed by atoms with van der Waals surface area (Å²) >= 11 is 6.21. The molecule has 3 atom stereocenters. The van der Waals surface area contributed by atoms with Gasteiger partial charge in [-0.15, -0.1) is 0 Å². The summed E-state index contributed by atoms with van der Waals surface area (Å²) in [5.74, 6) is 2.47. The van der Waals surface area contributed by atoms with Crippen LogP contribution in [-0.4, -0.2) is 6.54 Å². The van der Waals surface area contributed by atoms with E-state index in [0.717, 1.165) is 23.4 Å². The van der Waals surface area contributed by atoms with Crippen LogP contribution >= 0.6 is 11.6 Å². The predicted octanol–water partition coefficient (Wildman–Crippen LogP) is 4.29. The molecule has 0 radical (unpaired) electrons. The summed E-state index contributed by atoms with van der Waals surface area (Å²) < 4.78 is 0. The Balaban J connectivity index is 1.89. The summed E-state index contributed by atoms with van der Waals surface area (Å²) in [5.41, 5.74) is 2.64. The highest BCUT2D eigenvalue weighted by molar-refractivity contribution is 6.33. The Morgan fingerprint density at radius 2 is 2.19 bits per heavy atom. The van der Waals surface area contributed by atoms with Crippen LogP contribution in [0.5, 0.6) is 0 Å². The molecule has 1 nitrogen and oxygen atoms in total. The van der Waals surface area contributed by atoms with Crippen LogP contribution in [0.2, 0.25) is 5.02 Å². The molecule has 0 spiro atoms. The first kappa shape index (κ1) is 10.5. The van der Waals surface area contributed by atoms with E-state index in [1.807, 2.05) is 6.07 Å². The van der Waals surface area contributed by atoms with Crippen molar-refractivity contribution in [3.8, 4) is 0 Å². The Labute approximate surface area is 102 Å². The number of hydrogen-bond acceptors (Lipinski definition) is 1. The van der Waals surface area contributed by atoms with Crippen molar-refractivity contribution in [1.82, 2.24) is 0 Å². The van der Waals surface area contributed by atoms with Crippen molar-refractivity contribution in [3.05, 3.63) is 28.8 Å². The molecule has 2 aliphatic rings. The molecule has 1 heterocycles. The SMILES string of the molecule is CC1CCC(C2CNc3c(Cl)cccc32)C1. The second-order valence-electron chi connectivity index (χ2n) is 5.37. The third kappa shape index (κ3) is 1.62. The molecule has 1 aliphatic heterocycles. The fourth-order valence-corrected chi connectivity index (χ4v) is 3.64. The Bertz CT molecular complexity index is 402. The topological polar surface area (TPSA) is 12.0 Å². The number of benzene rings is 1. The molecule has 1 aromatic rings. The average Bonchev–Trinajstić information content (AvgIpc) is 2.84. The number of rotatable bonds is 1. The molecule has 1 fully saturated rings. The molecule has 1 N–H and O–H groups in total. The third-order valence-corrected chi connectivity index (χ3v) is 4.56. The van der Waals surface area contributed by atoms with Crippen molar-refractivity contribution in [2.45, 2.75) is 32.1 Å². The van der Waals surface area contributed by atoms with Crippen LogP contribution in [-0.2, 0) is 0 Å². The zero-order valence-corrected chi connectivity index (χ0v) is 10.4. The molecule has 1 aliphatic carbocycles. The molecule has 1 aromatic carbocycles. The first-order chi connectivity index (χ1) is 7.75. The fraction of sp³-hybridized carbons (Fsp3) is 0.571. The first-order valence-electron chi connectivity index (χ1n) is 6.28. The number of anilines is 1. The van der Waals surface area contributed by atoms with Crippen molar-refractivity contribution in [2.24, 2.45) is 11.8 Å². The lowest BCUT2D eigenvalue weighted by Crippen LogP contribution is -2.12. The van der Waals surface area contributed by atoms with E-state index in [1.165, 1.54) is 30.5 Å². The monoisotopic (exact) mass is 235 g/mol. The predicted molar refractivity (Wildman–Crippen MR) is 69.2 cm³/mol. The van der Waals surface area contributed by atoms with E-state index in [1.54, 1.807) is 0 Å². The van der Waals surface area contributed by atoms with Gasteiger partial charge in [0.1, 0.15) is 0 Å². The lowest BCUT2D eigenvalue weighted by Gasteiger charge is -2.18. The minimum atomic E-state index is 0.693. The minimum Gasteiger partial charge on any atom is -0.383 e. The van der Waals surface area contributed by atoms with Gasteiger partial charge in [0, 0.05) is 12.5 Å². The summed E-state index contributed by atoms with van der Waals surface area (Å²) in [6.07, 6.45) is 4.18. The Hall–Kier alpha value is -0.690. The van der Waals surface area contributed by atoms with Crippen LogP contribution in [0, 0.1) is 11.8 Å². The molecule has 86 valence electrons. The largest absolute Gasteiger partial charge is 0.383 e. The first-order valence-corrected chi connectivity index (χ1v) is 6.66. The van der Waals surface area contributed by atoms with Crippen LogP contribution in [0.15, 0.2) is 18.2 Å². The highest BCUT2D eigenvalue weighted by atomic mass is 35.5. The molecule has 16 heavy (non-hydrogen) atoms. The Morgan fingerprint density at radius 1 is 1.31 bits per heavy atom. The molecule has 0 saturated heterocycles. The molecule has 0 bridgehead atoms. The van der Waals surface area contributed by atoms with E-state index < -0.39 is 0 Å². The second-order valence-corrected chi connectivity index (χ2v) is 5.78. The summed E-state index contributed by atoms with van der Waals surface area (Å²) in [7, 11) is 0. The smallest absolute Gasteiger partial charge is 0.0640 e. The van der Waals surface area contributed by atoms with Crippen molar-refractivity contribution in [3.63, 3.8) is 0 Å². The van der Waals surface area contributed by atoms with E-state index in [-0.39, 0.29) is 0 Å². The van der Waals surface area contributed by atoms with Gasteiger partial charge in [0.15, 0.2) is 0 Å². The normalized spacial score (nSPS) is 32.5. The van der Waals surface area contributed by atoms with Gasteiger partial charge >= 0.3 is 0 Å². The minimum absolute atomic E-state index is 0.693. The van der Waals surface area contributed by atoms with E-state index in [4.69, 9.17) is 11.6 Å². The number of fused-ring (bicyclic) bond motifs is 1. The Morgan fingerprint density at radius 3 is 2.94 bits per heavy atom. The van der Waals surface area contributed by atoms with Crippen molar-refractivity contribution in [2.75, 3.05) is 11.9 Å². The molecule has 3 rings (SSSR count). The number of halogens is 1. The van der Waals surface area contributed by atoms with Crippen molar-refractivity contribution in [1.29, 1.82) is 0 Å². The standard InChI is InChI=1S/C14H18ClN/c1-9-5-6-10(7-9)12-8-16-14-11(12)3-2-4-13(14)15/h2-4,9-10,12,16H,5-8H2,1H3. The van der Waals surface area contributed by atoms with Crippen LogP contribution in [0.4, 0.5) is 5.69 Å². The van der Waals surface area contributed by atoms with Gasteiger partial charge in [-0.05, 0) is 36.3 Å². The van der Waals surface area contributed by atoms with E-state index in [0.29, 0.717) is 5.92 Å². The maximum Gasteiger partial charge on any atom is 0.0640 e. The van der Waals surface area contributed by atoms with Gasteiger partial charge in [0.25, 0.3) is 0 Å². The zero-order chi connectivity index (χ0) is 11.1. The van der Waals surface area contributed by atoms with Gasteiger partial charge in [-0.2, -0.15) is 0 Å². The fourth-order valence-electron chi connectivity index (χ4n) is 3.40. The quantitative estimate of drug-likeness (QED) is 0.766. The molecular formula is C14H18ClN. The summed E-state index contributed by atoms with van der Waals surface area (Å²) in [4.78, 5) is 0. The maximum absolute atomic E-state index is 6.21. The van der Waals surface area contributed by atoms with Crippen LogP contribution in [0.3, 0.4) is 0 Å². The molecular weight excluding hydrogens is 218 g/mol. The lowest BCUT2D eigenvalue weighted by molar-refractivity contribution is 0.442. The van der Waals surface area contributed by atoms with Gasteiger partial charge in [0.2, 0.25) is 0 Å². The zero-order valence-electron chi connectivity index (χ0n) is 9.67. The van der Waals surface area contributed by atoms with Crippen LogP contribution in [0.1, 0.15) is 37.7 Å². The lowest BCUT2D eigenvalue weighted by atomic mass is 9.86. The van der Waals surface area contributed by atoms with E-state index in [2.05, 4.69) is 24.4 Å². The molecule has 3 unspecified atom stereocenters. The average molecular weight is 236 g/mol. The van der Waals surface area contributed by atoms with Gasteiger partial charge < -0.3 is 5.32 Å². The summed E-state index contributed by atoms with van der Waals surface area (Å²) in [6, 6.07) is 6.31. The Kier molecular flexibility index (Phi) is 2.59. The van der Waals surface area contributed by atoms with Gasteiger partial charge in [-0.3, -0.25) is 0 Å². The van der Waals surface area contributed by atoms with Gasteiger partial charge in [-0.1, -0.05) is 37.1 Å². The number of hydrogen-bond donors (Lipinski definition) is 1. The molecule has 2 heteroatoms. The van der Waals surface area contributed by atoms with Crippen LogP contribution in [0.25, 0.3) is 0 Å². The number of nitrogens with one attached hydrogen (secondary N) is 1. The third-order valence-electron chi connectivity index (χ3n) is 4.25. The van der Waals surface area contributed by atoms with E-state index >= 15 is 0 Å². The van der Waals surface area contributed by atoms with Crippen molar-refractivity contribution >= 4 is 17.3 Å². The van der Waals surface area contributed by atoms with Gasteiger partial charge in [0.05, 0.1) is 10.7 Å². The molecule has 0 amide bonds. The second kappa shape index (κ2) is 3.96. The summed E-state index contributed by atoms with van der Waals surface area (Å²) in [5, 5.41) is 4.36. The van der Waals surface area contributed by atoms with Crippen LogP contribution < -0.4 is 5.32 Å².